The van der Waals surface area contributed by atoms with Crippen molar-refractivity contribution in [2.75, 3.05) is 24.6 Å². The fraction of sp³-hybridized carbons (Fsp3) is 0.423. The van der Waals surface area contributed by atoms with Gasteiger partial charge in [-0.05, 0) is 49.4 Å². The normalized spacial score (nSPS) is 18.5. The van der Waals surface area contributed by atoms with Gasteiger partial charge in [0, 0.05) is 44.2 Å². The molecule has 2 aromatic heterocycles. The van der Waals surface area contributed by atoms with Crippen LogP contribution in [-0.2, 0) is 7.05 Å². The summed E-state index contributed by atoms with van der Waals surface area (Å²) in [4.78, 5) is 19.0. The van der Waals surface area contributed by atoms with Crippen molar-refractivity contribution in [2.24, 2.45) is 13.0 Å². The third-order valence-corrected chi connectivity index (χ3v) is 6.39. The number of carbonyl (C=O) groups excluding carboxylic acids is 1. The Bertz CT molecular complexity index is 1130. The number of amides is 1. The van der Waals surface area contributed by atoms with E-state index in [1.54, 1.807) is 24.1 Å². The third kappa shape index (κ3) is 5.50. The highest BCUT2D eigenvalue weighted by Gasteiger charge is 2.25. The number of hydrogen-bond acceptors (Lipinski definition) is 6. The molecule has 1 aliphatic heterocycles. The van der Waals surface area contributed by atoms with Crippen molar-refractivity contribution >= 4 is 11.6 Å². The molecule has 34 heavy (non-hydrogen) atoms. The smallest absolute Gasteiger partial charge is 0.254 e. The van der Waals surface area contributed by atoms with E-state index in [4.69, 9.17) is 9.47 Å². The molecule has 0 bridgehead atoms. The summed E-state index contributed by atoms with van der Waals surface area (Å²) in [5.41, 5.74) is 2.70. The van der Waals surface area contributed by atoms with Crippen LogP contribution in [0.15, 0.2) is 55.0 Å². The van der Waals surface area contributed by atoms with Crippen LogP contribution >= 0.6 is 0 Å². The van der Waals surface area contributed by atoms with E-state index >= 15 is 0 Å². The first-order valence-corrected chi connectivity index (χ1v) is 11.9. The topological polar surface area (TPSA) is 81.5 Å². The van der Waals surface area contributed by atoms with E-state index in [9.17, 15) is 4.79 Å². The van der Waals surface area contributed by atoms with Crippen molar-refractivity contribution in [3.63, 3.8) is 0 Å². The number of benzene rings is 1. The predicted octanol–water partition coefficient (Wildman–Crippen LogP) is 3.75. The molecule has 5 rings (SSSR count). The first-order chi connectivity index (χ1) is 16.5. The van der Waals surface area contributed by atoms with Gasteiger partial charge in [0.15, 0.2) is 0 Å². The fourth-order valence-corrected chi connectivity index (χ4v) is 4.15. The molecule has 1 N–H and O–H groups in total. The average molecular weight is 462 g/mol. The van der Waals surface area contributed by atoms with Gasteiger partial charge < -0.3 is 19.7 Å². The Morgan fingerprint density at radius 1 is 1.21 bits per heavy atom. The van der Waals surface area contributed by atoms with Crippen LogP contribution in [0.1, 0.15) is 48.1 Å². The zero-order valence-electron chi connectivity index (χ0n) is 19.7. The van der Waals surface area contributed by atoms with Gasteiger partial charge >= 0.3 is 0 Å². The second kappa shape index (κ2) is 9.75. The van der Waals surface area contributed by atoms with Crippen LogP contribution in [0.25, 0.3) is 0 Å². The lowest BCUT2D eigenvalue weighted by atomic mass is 10.1. The lowest BCUT2D eigenvalue weighted by molar-refractivity contribution is 0.0940. The average Bonchev–Trinajstić information content (AvgIpc) is 3.39. The number of nitrogens with zero attached hydrogens (tertiary/aromatic N) is 4. The molecule has 1 amide bonds. The second-order valence-corrected chi connectivity index (χ2v) is 9.25. The van der Waals surface area contributed by atoms with Gasteiger partial charge in [0.25, 0.3) is 5.91 Å². The molecule has 2 aliphatic rings. The van der Waals surface area contributed by atoms with Crippen LogP contribution < -0.4 is 19.7 Å². The molecule has 0 spiro atoms. The first-order valence-electron chi connectivity index (χ1n) is 11.9. The van der Waals surface area contributed by atoms with Crippen molar-refractivity contribution in [1.82, 2.24) is 20.1 Å². The predicted molar refractivity (Wildman–Crippen MR) is 129 cm³/mol. The number of hydrogen-bond donors (Lipinski definition) is 1. The molecular weight excluding hydrogens is 430 g/mol. The van der Waals surface area contributed by atoms with E-state index in [-0.39, 0.29) is 18.1 Å². The largest absolute Gasteiger partial charge is 0.489 e. The van der Waals surface area contributed by atoms with Crippen molar-refractivity contribution in [2.45, 2.75) is 38.3 Å². The van der Waals surface area contributed by atoms with Crippen LogP contribution in [0.2, 0.25) is 0 Å². The van der Waals surface area contributed by atoms with E-state index < -0.39 is 0 Å². The Labute approximate surface area is 199 Å². The van der Waals surface area contributed by atoms with Crippen LogP contribution in [-0.4, -0.2) is 46.5 Å². The summed E-state index contributed by atoms with van der Waals surface area (Å²) < 4.78 is 13.7. The Morgan fingerprint density at radius 3 is 2.76 bits per heavy atom. The molecule has 8 heteroatoms. The standard InChI is InChI=1S/C26H31N5O3/c1-18(29-26(32)21-14-28-30(2)15-21)20-5-7-23(8-6-20)34-24-10-12-31(16-24)22-9-11-27-25(13-22)33-17-19-3-4-19/h5-9,11,13-15,18-19,24H,3-4,10,12,16-17H2,1-2H3,(H,29,32)/t18-,24?/m0/s1. The SMILES string of the molecule is C[C@H](NC(=O)c1cnn(C)c1)c1ccc(OC2CCN(c3ccnc(OCC4CC4)c3)C2)cc1. The minimum Gasteiger partial charge on any atom is -0.489 e. The molecule has 8 nitrogen and oxygen atoms in total. The number of aromatic nitrogens is 3. The van der Waals surface area contributed by atoms with Crippen LogP contribution in [0.3, 0.4) is 0 Å². The maximum Gasteiger partial charge on any atom is 0.254 e. The lowest BCUT2D eigenvalue weighted by Crippen LogP contribution is -2.26. The summed E-state index contributed by atoms with van der Waals surface area (Å²) in [6.07, 6.45) is 8.71. The Balaban J connectivity index is 1.13. The minimum atomic E-state index is -0.135. The molecule has 2 fully saturated rings. The third-order valence-electron chi connectivity index (χ3n) is 6.39. The van der Waals surface area contributed by atoms with Gasteiger partial charge in [-0.15, -0.1) is 0 Å². The van der Waals surface area contributed by atoms with E-state index in [2.05, 4.69) is 20.3 Å². The van der Waals surface area contributed by atoms with E-state index in [1.807, 2.05) is 49.5 Å². The first kappa shape index (κ1) is 22.3. The molecule has 1 saturated carbocycles. The summed E-state index contributed by atoms with van der Waals surface area (Å²) in [5, 5.41) is 7.06. The van der Waals surface area contributed by atoms with Crippen molar-refractivity contribution < 1.29 is 14.3 Å². The van der Waals surface area contributed by atoms with E-state index in [0.29, 0.717) is 17.4 Å². The van der Waals surface area contributed by atoms with Gasteiger partial charge in [-0.2, -0.15) is 5.10 Å². The zero-order chi connectivity index (χ0) is 23.5. The number of aryl methyl sites for hydroxylation is 1. The van der Waals surface area contributed by atoms with Gasteiger partial charge in [-0.3, -0.25) is 9.48 Å². The number of carbonyl (C=O) groups is 1. The molecule has 0 radical (unpaired) electrons. The number of ether oxygens (including phenoxy) is 2. The molecule has 1 aromatic carbocycles. The summed E-state index contributed by atoms with van der Waals surface area (Å²) in [7, 11) is 1.79. The maximum absolute atomic E-state index is 12.4. The number of rotatable bonds is 9. The van der Waals surface area contributed by atoms with Gasteiger partial charge in [-0.1, -0.05) is 12.1 Å². The highest BCUT2D eigenvalue weighted by molar-refractivity contribution is 5.93. The molecule has 1 saturated heterocycles. The molecule has 3 aromatic rings. The molecule has 1 unspecified atom stereocenters. The van der Waals surface area contributed by atoms with Crippen LogP contribution in [0.5, 0.6) is 11.6 Å². The van der Waals surface area contributed by atoms with Gasteiger partial charge in [-0.25, -0.2) is 4.98 Å². The van der Waals surface area contributed by atoms with Gasteiger partial charge in [0.05, 0.1) is 31.0 Å². The summed E-state index contributed by atoms with van der Waals surface area (Å²) >= 11 is 0. The van der Waals surface area contributed by atoms with Gasteiger partial charge in [0.1, 0.15) is 11.9 Å². The number of pyridine rings is 1. The Kier molecular flexibility index (Phi) is 6.38. The number of nitrogens with one attached hydrogen (secondary N) is 1. The molecule has 3 heterocycles. The minimum absolute atomic E-state index is 0.119. The monoisotopic (exact) mass is 461 g/mol. The van der Waals surface area contributed by atoms with E-state index in [1.165, 1.54) is 12.8 Å². The molecule has 178 valence electrons. The van der Waals surface area contributed by atoms with Crippen molar-refractivity contribution in [1.29, 1.82) is 0 Å². The van der Waals surface area contributed by atoms with Crippen molar-refractivity contribution in [3.05, 3.63) is 66.1 Å². The van der Waals surface area contributed by atoms with Crippen LogP contribution in [0, 0.1) is 5.92 Å². The fourth-order valence-electron chi connectivity index (χ4n) is 4.15. The highest BCUT2D eigenvalue weighted by atomic mass is 16.5. The second-order valence-electron chi connectivity index (χ2n) is 9.25. The zero-order valence-corrected chi connectivity index (χ0v) is 19.7. The Morgan fingerprint density at radius 2 is 2.03 bits per heavy atom. The molecular formula is C26H31N5O3. The van der Waals surface area contributed by atoms with E-state index in [0.717, 1.165) is 43.1 Å². The van der Waals surface area contributed by atoms with Crippen molar-refractivity contribution in [3.8, 4) is 11.6 Å². The molecule has 1 aliphatic carbocycles. The summed E-state index contributed by atoms with van der Waals surface area (Å²) in [6, 6.07) is 11.9. The quantitative estimate of drug-likeness (QED) is 0.523. The highest BCUT2D eigenvalue weighted by Crippen LogP contribution is 2.30. The molecule has 2 atom stereocenters. The Hall–Kier alpha value is -3.55. The summed E-state index contributed by atoms with van der Waals surface area (Å²) in [6.45, 7) is 4.50. The van der Waals surface area contributed by atoms with Gasteiger partial charge in [0.2, 0.25) is 5.88 Å². The van der Waals surface area contributed by atoms with Crippen LogP contribution in [0.4, 0.5) is 5.69 Å². The number of anilines is 1. The maximum atomic E-state index is 12.4. The lowest BCUT2D eigenvalue weighted by Gasteiger charge is -2.20. The summed E-state index contributed by atoms with van der Waals surface area (Å²) in [5.74, 6) is 2.12.